The van der Waals surface area contributed by atoms with Crippen LogP contribution in [-0.2, 0) is 4.79 Å². The summed E-state index contributed by atoms with van der Waals surface area (Å²) in [4.78, 5) is 22.0. The molecular formula is C14H16N4O2. The Balaban J connectivity index is 1.87. The zero-order valence-electron chi connectivity index (χ0n) is 11.3. The van der Waals surface area contributed by atoms with E-state index in [4.69, 9.17) is 4.52 Å². The average Bonchev–Trinajstić information content (AvgIpc) is 2.98. The minimum Gasteiger partial charge on any atom is -0.337 e. The van der Waals surface area contributed by atoms with Crippen molar-refractivity contribution in [3.8, 4) is 11.4 Å². The smallest absolute Gasteiger partial charge is 0.249 e. The molecule has 2 aromatic heterocycles. The van der Waals surface area contributed by atoms with Crippen LogP contribution in [0.5, 0.6) is 0 Å². The van der Waals surface area contributed by atoms with Crippen LogP contribution in [0.2, 0.25) is 0 Å². The number of piperidine rings is 1. The van der Waals surface area contributed by atoms with Gasteiger partial charge in [-0.2, -0.15) is 4.98 Å². The Morgan fingerprint density at radius 1 is 1.45 bits per heavy atom. The van der Waals surface area contributed by atoms with Gasteiger partial charge in [-0.25, -0.2) is 0 Å². The maximum absolute atomic E-state index is 11.7. The van der Waals surface area contributed by atoms with Crippen molar-refractivity contribution in [1.29, 1.82) is 0 Å². The maximum Gasteiger partial charge on any atom is 0.249 e. The summed E-state index contributed by atoms with van der Waals surface area (Å²) >= 11 is 0. The highest BCUT2D eigenvalue weighted by Crippen LogP contribution is 2.30. The molecule has 0 radical (unpaired) electrons. The van der Waals surface area contributed by atoms with Gasteiger partial charge in [0.05, 0.1) is 0 Å². The number of hydrogen-bond acceptors (Lipinski definition) is 5. The fourth-order valence-electron chi connectivity index (χ4n) is 2.55. The van der Waals surface area contributed by atoms with Crippen LogP contribution in [0, 0.1) is 0 Å². The summed E-state index contributed by atoms with van der Waals surface area (Å²) in [6, 6.07) is 3.61. The fourth-order valence-corrected chi connectivity index (χ4v) is 2.55. The molecule has 6 nitrogen and oxygen atoms in total. The summed E-state index contributed by atoms with van der Waals surface area (Å²) in [5, 5.41) is 3.99. The molecule has 0 aromatic carbocycles. The fraction of sp³-hybridized carbons (Fsp3) is 0.429. The Bertz CT molecular complexity index is 596. The Kier molecular flexibility index (Phi) is 3.45. The van der Waals surface area contributed by atoms with Crippen molar-refractivity contribution in [1.82, 2.24) is 20.0 Å². The zero-order chi connectivity index (χ0) is 13.9. The second-order valence-electron chi connectivity index (χ2n) is 4.92. The molecule has 1 saturated heterocycles. The largest absolute Gasteiger partial charge is 0.337 e. The SMILES string of the molecule is CC(=O)N1CCCC[C@H]1c1nc(-c2cccnc2)no1. The molecule has 20 heavy (non-hydrogen) atoms. The summed E-state index contributed by atoms with van der Waals surface area (Å²) in [5.41, 5.74) is 0.813. The van der Waals surface area contributed by atoms with Gasteiger partial charge in [0.25, 0.3) is 0 Å². The third-order valence-corrected chi connectivity index (χ3v) is 3.55. The van der Waals surface area contributed by atoms with Gasteiger partial charge < -0.3 is 9.42 Å². The first-order chi connectivity index (χ1) is 9.75. The van der Waals surface area contributed by atoms with Gasteiger partial charge in [-0.05, 0) is 31.4 Å². The number of likely N-dealkylation sites (tertiary alicyclic amines) is 1. The molecule has 1 amide bonds. The lowest BCUT2D eigenvalue weighted by Crippen LogP contribution is -2.37. The molecule has 0 aliphatic carbocycles. The quantitative estimate of drug-likeness (QED) is 0.838. The molecule has 3 heterocycles. The van der Waals surface area contributed by atoms with E-state index < -0.39 is 0 Å². The topological polar surface area (TPSA) is 72.1 Å². The lowest BCUT2D eigenvalue weighted by molar-refractivity contribution is -0.133. The molecule has 0 saturated carbocycles. The first kappa shape index (κ1) is 12.8. The van der Waals surface area contributed by atoms with E-state index in [1.165, 1.54) is 0 Å². The summed E-state index contributed by atoms with van der Waals surface area (Å²) < 4.78 is 5.36. The highest BCUT2D eigenvalue weighted by Gasteiger charge is 2.30. The minimum absolute atomic E-state index is 0.0517. The average molecular weight is 272 g/mol. The van der Waals surface area contributed by atoms with E-state index in [9.17, 15) is 4.79 Å². The standard InChI is InChI=1S/C14H16N4O2/c1-10(19)18-8-3-2-6-12(18)14-16-13(17-20-14)11-5-4-7-15-9-11/h4-5,7,9,12H,2-3,6,8H2,1H3/t12-/m0/s1. The van der Waals surface area contributed by atoms with Crippen LogP contribution in [0.1, 0.15) is 38.1 Å². The normalized spacial score (nSPS) is 19.1. The van der Waals surface area contributed by atoms with Gasteiger partial charge in [0, 0.05) is 31.4 Å². The molecule has 1 aliphatic heterocycles. The van der Waals surface area contributed by atoms with Crippen LogP contribution in [0.25, 0.3) is 11.4 Å². The van der Waals surface area contributed by atoms with Crippen molar-refractivity contribution in [3.05, 3.63) is 30.4 Å². The van der Waals surface area contributed by atoms with Crippen LogP contribution < -0.4 is 0 Å². The number of nitrogens with zero attached hydrogens (tertiary/aromatic N) is 4. The summed E-state index contributed by atoms with van der Waals surface area (Å²) in [6.45, 7) is 2.33. The highest BCUT2D eigenvalue weighted by atomic mass is 16.5. The second-order valence-corrected chi connectivity index (χ2v) is 4.92. The molecule has 1 aliphatic rings. The third-order valence-electron chi connectivity index (χ3n) is 3.55. The molecule has 3 rings (SSSR count). The van der Waals surface area contributed by atoms with Crippen LogP contribution >= 0.6 is 0 Å². The first-order valence-electron chi connectivity index (χ1n) is 6.77. The molecule has 0 spiro atoms. The number of pyridine rings is 1. The molecule has 6 heteroatoms. The third kappa shape index (κ3) is 2.41. The van der Waals surface area contributed by atoms with E-state index >= 15 is 0 Å². The number of hydrogen-bond donors (Lipinski definition) is 0. The molecular weight excluding hydrogens is 256 g/mol. The van der Waals surface area contributed by atoms with Gasteiger partial charge in [0.2, 0.25) is 17.6 Å². The molecule has 0 N–H and O–H groups in total. The van der Waals surface area contributed by atoms with E-state index in [1.54, 1.807) is 19.3 Å². The summed E-state index contributed by atoms with van der Waals surface area (Å²) in [6.07, 6.45) is 6.36. The van der Waals surface area contributed by atoms with Crippen molar-refractivity contribution >= 4 is 5.91 Å². The Hall–Kier alpha value is -2.24. The first-order valence-corrected chi connectivity index (χ1v) is 6.77. The van der Waals surface area contributed by atoms with Gasteiger partial charge in [0.1, 0.15) is 6.04 Å². The molecule has 0 unspecified atom stereocenters. The van der Waals surface area contributed by atoms with E-state index in [-0.39, 0.29) is 11.9 Å². The van der Waals surface area contributed by atoms with E-state index in [2.05, 4.69) is 15.1 Å². The van der Waals surface area contributed by atoms with E-state index in [0.29, 0.717) is 11.7 Å². The van der Waals surface area contributed by atoms with E-state index in [0.717, 1.165) is 31.4 Å². The van der Waals surface area contributed by atoms with E-state index in [1.807, 2.05) is 17.0 Å². The number of carbonyl (C=O) groups excluding carboxylic acids is 1. The molecule has 0 bridgehead atoms. The van der Waals surface area contributed by atoms with Gasteiger partial charge in [-0.1, -0.05) is 5.16 Å². The molecule has 1 atom stereocenters. The Morgan fingerprint density at radius 3 is 3.10 bits per heavy atom. The van der Waals surface area contributed by atoms with Gasteiger partial charge in [-0.3, -0.25) is 9.78 Å². The molecule has 1 fully saturated rings. The summed E-state index contributed by atoms with van der Waals surface area (Å²) in [7, 11) is 0. The monoisotopic (exact) mass is 272 g/mol. The number of carbonyl (C=O) groups is 1. The predicted molar refractivity (Wildman–Crippen MR) is 71.5 cm³/mol. The van der Waals surface area contributed by atoms with Crippen molar-refractivity contribution in [2.45, 2.75) is 32.2 Å². The van der Waals surface area contributed by atoms with Crippen LogP contribution in [0.4, 0.5) is 0 Å². The van der Waals surface area contributed by atoms with Crippen molar-refractivity contribution in [2.24, 2.45) is 0 Å². The summed E-state index contributed by atoms with van der Waals surface area (Å²) in [5.74, 6) is 1.08. The Morgan fingerprint density at radius 2 is 2.35 bits per heavy atom. The van der Waals surface area contributed by atoms with Crippen molar-refractivity contribution < 1.29 is 9.32 Å². The van der Waals surface area contributed by atoms with Crippen LogP contribution in [0.3, 0.4) is 0 Å². The van der Waals surface area contributed by atoms with Crippen LogP contribution in [0.15, 0.2) is 29.0 Å². The lowest BCUT2D eigenvalue weighted by Gasteiger charge is -2.32. The zero-order valence-corrected chi connectivity index (χ0v) is 11.3. The van der Waals surface area contributed by atoms with Crippen molar-refractivity contribution in [2.75, 3.05) is 6.54 Å². The van der Waals surface area contributed by atoms with Gasteiger partial charge in [0.15, 0.2) is 0 Å². The Labute approximate surface area is 116 Å². The van der Waals surface area contributed by atoms with Crippen LogP contribution in [-0.4, -0.2) is 32.5 Å². The number of rotatable bonds is 2. The molecule has 2 aromatic rings. The maximum atomic E-state index is 11.7. The predicted octanol–water partition coefficient (Wildman–Crippen LogP) is 2.21. The van der Waals surface area contributed by atoms with Crippen molar-refractivity contribution in [3.63, 3.8) is 0 Å². The minimum atomic E-state index is -0.0980. The van der Waals surface area contributed by atoms with Gasteiger partial charge >= 0.3 is 0 Å². The number of aromatic nitrogens is 3. The lowest BCUT2D eigenvalue weighted by atomic mass is 10.0. The highest BCUT2D eigenvalue weighted by molar-refractivity contribution is 5.73. The second kappa shape index (κ2) is 5.40. The molecule has 104 valence electrons. The van der Waals surface area contributed by atoms with Gasteiger partial charge in [-0.15, -0.1) is 0 Å². The number of amides is 1.